The molecular formula is C20H22N2O5. The molecule has 1 aliphatic rings. The van der Waals surface area contributed by atoms with E-state index in [9.17, 15) is 9.59 Å². The molecule has 0 saturated carbocycles. The zero-order chi connectivity index (χ0) is 19.4. The third kappa shape index (κ3) is 3.73. The minimum absolute atomic E-state index is 0.00628. The van der Waals surface area contributed by atoms with Gasteiger partial charge in [0.2, 0.25) is 5.91 Å². The lowest BCUT2D eigenvalue weighted by molar-refractivity contribution is -0.129. The summed E-state index contributed by atoms with van der Waals surface area (Å²) in [6.07, 6.45) is -0.00628. The van der Waals surface area contributed by atoms with E-state index < -0.39 is 17.9 Å². The zero-order valence-corrected chi connectivity index (χ0v) is 15.2. The van der Waals surface area contributed by atoms with E-state index in [2.05, 4.69) is 5.32 Å². The number of ether oxygens (including phenoxy) is 2. The summed E-state index contributed by atoms with van der Waals surface area (Å²) in [7, 11) is 1.56. The molecule has 2 aromatic carbocycles. The SMILES string of the molecule is CCOc1cc(C(CC(=O)NO)C2NC(=O)c3ccccc32)ccc1OC. The zero-order valence-electron chi connectivity index (χ0n) is 15.2. The molecule has 142 valence electrons. The van der Waals surface area contributed by atoms with Crippen LogP contribution >= 0.6 is 0 Å². The van der Waals surface area contributed by atoms with Gasteiger partial charge in [0.05, 0.1) is 19.8 Å². The van der Waals surface area contributed by atoms with Gasteiger partial charge in [-0.3, -0.25) is 14.8 Å². The van der Waals surface area contributed by atoms with Gasteiger partial charge in [-0.15, -0.1) is 0 Å². The Hall–Kier alpha value is -3.06. The first-order valence-electron chi connectivity index (χ1n) is 8.72. The monoisotopic (exact) mass is 370 g/mol. The molecule has 0 spiro atoms. The van der Waals surface area contributed by atoms with E-state index in [0.29, 0.717) is 23.7 Å². The first kappa shape index (κ1) is 18.7. The van der Waals surface area contributed by atoms with Crippen LogP contribution in [0, 0.1) is 0 Å². The second-order valence-electron chi connectivity index (χ2n) is 6.23. The first-order valence-corrected chi connectivity index (χ1v) is 8.72. The van der Waals surface area contributed by atoms with Gasteiger partial charge in [0.1, 0.15) is 0 Å². The fourth-order valence-corrected chi connectivity index (χ4v) is 3.45. The molecule has 0 saturated heterocycles. The van der Waals surface area contributed by atoms with E-state index in [4.69, 9.17) is 14.7 Å². The lowest BCUT2D eigenvalue weighted by Gasteiger charge is -2.25. The molecule has 7 nitrogen and oxygen atoms in total. The van der Waals surface area contributed by atoms with E-state index in [1.165, 1.54) is 0 Å². The maximum Gasteiger partial charge on any atom is 0.252 e. The number of rotatable bonds is 7. The molecule has 0 fully saturated rings. The van der Waals surface area contributed by atoms with Crippen LogP contribution in [0.5, 0.6) is 11.5 Å². The number of nitrogens with one attached hydrogen (secondary N) is 2. The summed E-state index contributed by atoms with van der Waals surface area (Å²) in [6, 6.07) is 12.3. The summed E-state index contributed by atoms with van der Waals surface area (Å²) >= 11 is 0. The summed E-state index contributed by atoms with van der Waals surface area (Å²) in [4.78, 5) is 24.3. The number of hydroxylamine groups is 1. The van der Waals surface area contributed by atoms with Crippen LogP contribution in [0.25, 0.3) is 0 Å². The molecule has 7 heteroatoms. The topological polar surface area (TPSA) is 96.9 Å². The van der Waals surface area contributed by atoms with Crippen molar-refractivity contribution in [1.82, 2.24) is 10.8 Å². The molecule has 0 radical (unpaired) electrons. The number of carbonyl (C=O) groups excluding carboxylic acids is 2. The molecule has 2 unspecified atom stereocenters. The van der Waals surface area contributed by atoms with Gasteiger partial charge in [-0.2, -0.15) is 0 Å². The minimum Gasteiger partial charge on any atom is -0.493 e. The van der Waals surface area contributed by atoms with Crippen LogP contribution in [0.15, 0.2) is 42.5 Å². The second-order valence-corrected chi connectivity index (χ2v) is 6.23. The fourth-order valence-electron chi connectivity index (χ4n) is 3.45. The minimum atomic E-state index is -0.535. The molecule has 0 bridgehead atoms. The number of fused-ring (bicyclic) bond motifs is 1. The average molecular weight is 370 g/mol. The summed E-state index contributed by atoms with van der Waals surface area (Å²) in [5.41, 5.74) is 3.89. The summed E-state index contributed by atoms with van der Waals surface area (Å²) in [5.74, 6) is 0.0390. The van der Waals surface area contributed by atoms with Crippen molar-refractivity contribution in [2.45, 2.75) is 25.3 Å². The summed E-state index contributed by atoms with van der Waals surface area (Å²) in [5, 5.41) is 12.0. The van der Waals surface area contributed by atoms with E-state index >= 15 is 0 Å². The Morgan fingerprint density at radius 3 is 2.74 bits per heavy atom. The Morgan fingerprint density at radius 1 is 1.26 bits per heavy atom. The van der Waals surface area contributed by atoms with E-state index in [1.807, 2.05) is 31.2 Å². The fraction of sp³-hybridized carbons (Fsp3) is 0.300. The van der Waals surface area contributed by atoms with Crippen LogP contribution in [0.2, 0.25) is 0 Å². The number of hydrogen-bond acceptors (Lipinski definition) is 5. The van der Waals surface area contributed by atoms with Gasteiger partial charge in [-0.05, 0) is 36.2 Å². The van der Waals surface area contributed by atoms with Gasteiger partial charge in [-0.1, -0.05) is 24.3 Å². The quantitative estimate of drug-likeness (QED) is 0.514. The molecule has 0 aliphatic carbocycles. The van der Waals surface area contributed by atoms with Crippen molar-refractivity contribution >= 4 is 11.8 Å². The molecule has 3 N–H and O–H groups in total. The Labute approximate surface area is 157 Å². The number of hydrogen-bond donors (Lipinski definition) is 3. The van der Waals surface area contributed by atoms with Gasteiger partial charge in [0.25, 0.3) is 5.91 Å². The molecule has 2 atom stereocenters. The normalized spacial score (nSPS) is 16.3. The van der Waals surface area contributed by atoms with Crippen LogP contribution in [0.4, 0.5) is 0 Å². The van der Waals surface area contributed by atoms with Gasteiger partial charge in [-0.25, -0.2) is 5.48 Å². The summed E-state index contributed by atoms with van der Waals surface area (Å²) < 4.78 is 11.0. The number of carbonyl (C=O) groups is 2. The van der Waals surface area contributed by atoms with Crippen molar-refractivity contribution in [2.24, 2.45) is 0 Å². The van der Waals surface area contributed by atoms with E-state index in [1.54, 1.807) is 30.8 Å². The second kappa shape index (κ2) is 8.09. The van der Waals surface area contributed by atoms with Crippen LogP contribution in [0.1, 0.15) is 46.8 Å². The lowest BCUT2D eigenvalue weighted by atomic mass is 9.84. The lowest BCUT2D eigenvalue weighted by Crippen LogP contribution is -2.29. The Kier molecular flexibility index (Phi) is 5.61. The number of benzene rings is 2. The predicted molar refractivity (Wildman–Crippen MR) is 98.1 cm³/mol. The van der Waals surface area contributed by atoms with Gasteiger partial charge >= 0.3 is 0 Å². The van der Waals surface area contributed by atoms with Crippen molar-refractivity contribution < 1.29 is 24.3 Å². The highest BCUT2D eigenvalue weighted by atomic mass is 16.5. The van der Waals surface area contributed by atoms with Gasteiger partial charge < -0.3 is 14.8 Å². The third-order valence-corrected chi connectivity index (χ3v) is 4.68. The number of methoxy groups -OCH3 is 1. The van der Waals surface area contributed by atoms with Crippen LogP contribution < -0.4 is 20.3 Å². The Morgan fingerprint density at radius 2 is 2.04 bits per heavy atom. The molecule has 1 aliphatic heterocycles. The Bertz CT molecular complexity index is 852. The third-order valence-electron chi connectivity index (χ3n) is 4.68. The van der Waals surface area contributed by atoms with Crippen molar-refractivity contribution in [3.63, 3.8) is 0 Å². The molecule has 2 amide bonds. The molecule has 0 aromatic heterocycles. The average Bonchev–Trinajstić information content (AvgIpc) is 3.03. The highest BCUT2D eigenvalue weighted by molar-refractivity contribution is 5.99. The maximum atomic E-state index is 12.3. The van der Waals surface area contributed by atoms with Crippen molar-refractivity contribution in [2.75, 3.05) is 13.7 Å². The van der Waals surface area contributed by atoms with Crippen molar-refractivity contribution in [3.8, 4) is 11.5 Å². The summed E-state index contributed by atoms with van der Waals surface area (Å²) in [6.45, 7) is 2.33. The van der Waals surface area contributed by atoms with Gasteiger partial charge in [0, 0.05) is 17.9 Å². The van der Waals surface area contributed by atoms with E-state index in [0.717, 1.165) is 11.1 Å². The number of amides is 2. The molecule has 1 heterocycles. The van der Waals surface area contributed by atoms with Crippen molar-refractivity contribution in [1.29, 1.82) is 0 Å². The molecular weight excluding hydrogens is 348 g/mol. The van der Waals surface area contributed by atoms with Crippen molar-refractivity contribution in [3.05, 3.63) is 59.2 Å². The van der Waals surface area contributed by atoms with E-state index in [-0.39, 0.29) is 12.3 Å². The van der Waals surface area contributed by atoms with Crippen LogP contribution in [0.3, 0.4) is 0 Å². The largest absolute Gasteiger partial charge is 0.493 e. The smallest absolute Gasteiger partial charge is 0.252 e. The molecule has 3 rings (SSSR count). The van der Waals surface area contributed by atoms with Gasteiger partial charge in [0.15, 0.2) is 11.5 Å². The van der Waals surface area contributed by atoms with Crippen LogP contribution in [-0.2, 0) is 4.79 Å². The van der Waals surface area contributed by atoms with Crippen LogP contribution in [-0.4, -0.2) is 30.7 Å². The Balaban J connectivity index is 2.04. The highest BCUT2D eigenvalue weighted by Gasteiger charge is 2.36. The maximum absolute atomic E-state index is 12.3. The highest BCUT2D eigenvalue weighted by Crippen LogP contribution is 2.41. The predicted octanol–water partition coefficient (Wildman–Crippen LogP) is 2.56. The standard InChI is InChI=1S/C20H22N2O5/c1-3-27-17-10-12(8-9-16(17)26-2)15(11-18(23)22-25)19-13-6-4-5-7-14(13)20(24)21-19/h4-10,15,19,25H,3,11H2,1-2H3,(H,21,24)(H,22,23). The molecule has 2 aromatic rings. The first-order chi connectivity index (χ1) is 13.1. The molecule has 27 heavy (non-hydrogen) atoms.